The zero-order valence-electron chi connectivity index (χ0n) is 15.4. The van der Waals surface area contributed by atoms with Crippen LogP contribution in [0.2, 0.25) is 0 Å². The van der Waals surface area contributed by atoms with Crippen LogP contribution < -0.4 is 0 Å². The van der Waals surface area contributed by atoms with Gasteiger partial charge in [0, 0.05) is 29.9 Å². The monoisotopic (exact) mass is 352 g/mol. The number of tetrazole rings is 1. The zero-order valence-corrected chi connectivity index (χ0v) is 15.4. The van der Waals surface area contributed by atoms with E-state index in [-0.39, 0.29) is 17.2 Å². The lowest BCUT2D eigenvalue weighted by Gasteiger charge is -2.30. The second kappa shape index (κ2) is 6.23. The van der Waals surface area contributed by atoms with Gasteiger partial charge in [0.2, 0.25) is 0 Å². The van der Waals surface area contributed by atoms with Gasteiger partial charge >= 0.3 is 0 Å². The van der Waals surface area contributed by atoms with E-state index in [1.807, 2.05) is 11.0 Å². The molecule has 1 aliphatic rings. The number of benzene rings is 1. The number of rotatable bonds is 2. The second-order valence-corrected chi connectivity index (χ2v) is 8.07. The molecule has 0 atom stereocenters. The van der Waals surface area contributed by atoms with Crippen LogP contribution in [0.3, 0.4) is 0 Å². The van der Waals surface area contributed by atoms with Crippen molar-refractivity contribution in [3.8, 4) is 0 Å². The molecule has 0 saturated carbocycles. The van der Waals surface area contributed by atoms with E-state index in [1.54, 1.807) is 0 Å². The first-order valence-corrected chi connectivity index (χ1v) is 9.08. The highest BCUT2D eigenvalue weighted by molar-refractivity contribution is 5.98. The number of H-pyrrole nitrogens is 2. The summed E-state index contributed by atoms with van der Waals surface area (Å²) in [5.74, 6) is 1.08. The molecule has 2 N–H and O–H groups in total. The molecule has 0 bridgehead atoms. The Balaban J connectivity index is 1.50. The molecule has 0 radical (unpaired) electrons. The van der Waals surface area contributed by atoms with Crippen LogP contribution in [0, 0.1) is 0 Å². The standard InChI is InChI=1S/C19H24N6O/c1-19(2,3)14-5-4-13-10-16(20-15(13)11-14)18(26)25-8-6-12(7-9-25)17-21-23-24-22-17/h4-5,10-12,20H,6-9H2,1-3H3,(H,21,22,23,24). The van der Waals surface area contributed by atoms with Crippen molar-refractivity contribution in [3.05, 3.63) is 41.3 Å². The summed E-state index contributed by atoms with van der Waals surface area (Å²) in [7, 11) is 0. The van der Waals surface area contributed by atoms with Crippen LogP contribution in [-0.4, -0.2) is 49.5 Å². The van der Waals surface area contributed by atoms with Gasteiger partial charge in [0.1, 0.15) is 5.69 Å². The van der Waals surface area contributed by atoms with Crippen LogP contribution in [0.4, 0.5) is 0 Å². The highest BCUT2D eigenvalue weighted by Crippen LogP contribution is 2.28. The summed E-state index contributed by atoms with van der Waals surface area (Å²) in [5, 5.41) is 15.3. The number of fused-ring (bicyclic) bond motifs is 1. The van der Waals surface area contributed by atoms with Gasteiger partial charge in [-0.15, -0.1) is 10.2 Å². The predicted octanol–water partition coefficient (Wildman–Crippen LogP) is 3.00. The first kappa shape index (κ1) is 16.8. The maximum atomic E-state index is 12.9. The molecular formula is C19H24N6O. The molecule has 3 heterocycles. The summed E-state index contributed by atoms with van der Waals surface area (Å²) >= 11 is 0. The van der Waals surface area contributed by atoms with Gasteiger partial charge in [-0.2, -0.15) is 5.21 Å². The molecule has 4 rings (SSSR count). The van der Waals surface area contributed by atoms with Crippen LogP contribution in [0.1, 0.15) is 61.4 Å². The number of likely N-dealkylation sites (tertiary alicyclic amines) is 1. The molecule has 26 heavy (non-hydrogen) atoms. The van der Waals surface area contributed by atoms with Crippen LogP contribution in [0.5, 0.6) is 0 Å². The fourth-order valence-corrected chi connectivity index (χ4v) is 3.56. The van der Waals surface area contributed by atoms with Crippen molar-refractivity contribution in [2.24, 2.45) is 0 Å². The van der Waals surface area contributed by atoms with E-state index in [9.17, 15) is 4.79 Å². The number of amides is 1. The van der Waals surface area contributed by atoms with Crippen molar-refractivity contribution in [3.63, 3.8) is 0 Å². The molecule has 1 fully saturated rings. The molecule has 0 unspecified atom stereocenters. The fourth-order valence-electron chi connectivity index (χ4n) is 3.56. The Bertz CT molecular complexity index is 913. The third-order valence-corrected chi connectivity index (χ3v) is 5.23. The molecular weight excluding hydrogens is 328 g/mol. The van der Waals surface area contributed by atoms with E-state index in [2.05, 4.69) is 64.6 Å². The summed E-state index contributed by atoms with van der Waals surface area (Å²) in [6.45, 7) is 7.99. The zero-order chi connectivity index (χ0) is 18.3. The minimum atomic E-state index is 0.0603. The van der Waals surface area contributed by atoms with Gasteiger partial charge in [0.25, 0.3) is 5.91 Å². The van der Waals surface area contributed by atoms with Crippen molar-refractivity contribution in [2.45, 2.75) is 44.9 Å². The summed E-state index contributed by atoms with van der Waals surface area (Å²) in [6.07, 6.45) is 1.72. The van der Waals surface area contributed by atoms with Crippen molar-refractivity contribution in [1.82, 2.24) is 30.5 Å². The fraction of sp³-hybridized carbons (Fsp3) is 0.474. The molecule has 1 saturated heterocycles. The average molecular weight is 352 g/mol. The average Bonchev–Trinajstić information content (AvgIpc) is 3.29. The Morgan fingerprint density at radius 3 is 2.62 bits per heavy atom. The normalized spacial score (nSPS) is 16.3. The van der Waals surface area contributed by atoms with E-state index in [0.29, 0.717) is 18.8 Å². The van der Waals surface area contributed by atoms with Crippen LogP contribution in [-0.2, 0) is 5.41 Å². The van der Waals surface area contributed by atoms with Crippen molar-refractivity contribution in [1.29, 1.82) is 0 Å². The number of hydrogen-bond acceptors (Lipinski definition) is 4. The topological polar surface area (TPSA) is 90.6 Å². The van der Waals surface area contributed by atoms with E-state index in [4.69, 9.17) is 0 Å². The summed E-state index contributed by atoms with van der Waals surface area (Å²) < 4.78 is 0. The lowest BCUT2D eigenvalue weighted by Crippen LogP contribution is -2.38. The van der Waals surface area contributed by atoms with Gasteiger partial charge < -0.3 is 9.88 Å². The number of hydrogen-bond donors (Lipinski definition) is 2. The molecule has 7 heteroatoms. The molecule has 3 aromatic rings. The maximum absolute atomic E-state index is 12.9. The second-order valence-electron chi connectivity index (χ2n) is 8.07. The third-order valence-electron chi connectivity index (χ3n) is 5.23. The number of nitrogens with one attached hydrogen (secondary N) is 2. The van der Waals surface area contributed by atoms with Gasteiger partial charge in [-0.1, -0.05) is 38.1 Å². The lowest BCUT2D eigenvalue weighted by molar-refractivity contribution is 0.0706. The third kappa shape index (κ3) is 3.09. The van der Waals surface area contributed by atoms with Crippen LogP contribution >= 0.6 is 0 Å². The van der Waals surface area contributed by atoms with Gasteiger partial charge in [0.05, 0.1) is 0 Å². The minimum absolute atomic E-state index is 0.0603. The first-order chi connectivity index (χ1) is 12.4. The van der Waals surface area contributed by atoms with Crippen molar-refractivity contribution in [2.75, 3.05) is 13.1 Å². The van der Waals surface area contributed by atoms with E-state index in [0.717, 1.165) is 29.6 Å². The molecule has 136 valence electrons. The first-order valence-electron chi connectivity index (χ1n) is 9.08. The maximum Gasteiger partial charge on any atom is 0.270 e. The number of carbonyl (C=O) groups is 1. The van der Waals surface area contributed by atoms with Gasteiger partial charge in [-0.25, -0.2) is 0 Å². The van der Waals surface area contributed by atoms with Gasteiger partial charge in [-0.05, 0) is 36.0 Å². The largest absolute Gasteiger partial charge is 0.351 e. The van der Waals surface area contributed by atoms with Crippen molar-refractivity contribution < 1.29 is 4.79 Å². The van der Waals surface area contributed by atoms with Gasteiger partial charge in [-0.3, -0.25) is 4.79 Å². The molecule has 0 spiro atoms. The highest BCUT2D eigenvalue weighted by Gasteiger charge is 2.27. The molecule has 2 aromatic heterocycles. The number of aromatic amines is 2. The number of carbonyl (C=O) groups excluding carboxylic acids is 1. The molecule has 1 aliphatic heterocycles. The molecule has 1 amide bonds. The molecule has 0 aliphatic carbocycles. The summed E-state index contributed by atoms with van der Waals surface area (Å²) in [6, 6.07) is 8.33. The van der Waals surface area contributed by atoms with E-state index >= 15 is 0 Å². The number of piperidine rings is 1. The minimum Gasteiger partial charge on any atom is -0.351 e. The van der Waals surface area contributed by atoms with E-state index in [1.165, 1.54) is 5.56 Å². The quantitative estimate of drug-likeness (QED) is 0.742. The lowest BCUT2D eigenvalue weighted by atomic mass is 9.87. The SMILES string of the molecule is CC(C)(C)c1ccc2cc(C(=O)N3CCC(c4nn[nH]n4)CC3)[nH]c2c1. The molecule has 7 nitrogen and oxygen atoms in total. The van der Waals surface area contributed by atoms with E-state index < -0.39 is 0 Å². The van der Waals surface area contributed by atoms with Crippen LogP contribution in [0.25, 0.3) is 10.9 Å². The Kier molecular flexibility index (Phi) is 4.01. The van der Waals surface area contributed by atoms with Crippen molar-refractivity contribution >= 4 is 16.8 Å². The smallest absolute Gasteiger partial charge is 0.270 e. The number of aromatic nitrogens is 5. The highest BCUT2D eigenvalue weighted by atomic mass is 16.2. The predicted molar refractivity (Wildman–Crippen MR) is 99.1 cm³/mol. The van der Waals surface area contributed by atoms with Crippen LogP contribution in [0.15, 0.2) is 24.3 Å². The summed E-state index contributed by atoms with van der Waals surface area (Å²) in [4.78, 5) is 18.1. The molecule has 1 aromatic carbocycles. The Hall–Kier alpha value is -2.70. The van der Waals surface area contributed by atoms with Gasteiger partial charge in [0.15, 0.2) is 5.82 Å². The Morgan fingerprint density at radius 1 is 1.19 bits per heavy atom. The Morgan fingerprint density at radius 2 is 1.96 bits per heavy atom. The summed E-state index contributed by atoms with van der Waals surface area (Å²) in [5.41, 5.74) is 3.01. The number of nitrogens with zero attached hydrogens (tertiary/aromatic N) is 4. The Labute approximate surface area is 152 Å².